The number of nitrogens with zero attached hydrogens (tertiary/aromatic N) is 1. The van der Waals surface area contributed by atoms with Crippen LogP contribution in [-0.2, 0) is 5.41 Å². The number of hydrogen-bond acceptors (Lipinski definition) is 2. The van der Waals surface area contributed by atoms with E-state index in [1.54, 1.807) is 36.7 Å². The van der Waals surface area contributed by atoms with E-state index in [0.29, 0.717) is 12.1 Å². The number of H-pyrrole nitrogens is 1. The molecule has 1 aliphatic carbocycles. The van der Waals surface area contributed by atoms with Crippen LogP contribution in [-0.4, -0.2) is 22.4 Å². The van der Waals surface area contributed by atoms with E-state index in [2.05, 4.69) is 15.3 Å². The molecule has 2 heterocycles. The first-order valence-electron chi connectivity index (χ1n) is 7.63. The van der Waals surface area contributed by atoms with E-state index in [-0.39, 0.29) is 17.1 Å². The Morgan fingerprint density at radius 3 is 2.96 bits per heavy atom. The second-order valence-electron chi connectivity index (χ2n) is 6.10. The summed E-state index contributed by atoms with van der Waals surface area (Å²) in [5, 5.41) is 3.88. The lowest BCUT2D eigenvalue weighted by molar-refractivity contribution is 0.0949. The zero-order valence-electron chi connectivity index (χ0n) is 12.5. The molecule has 0 saturated heterocycles. The maximum Gasteiger partial charge on any atom is 0.252 e. The molecule has 3 aromatic rings. The average Bonchev–Trinajstić information content (AvgIpc) is 3.25. The highest BCUT2D eigenvalue weighted by Crippen LogP contribution is 2.50. The molecule has 0 bridgehead atoms. The lowest BCUT2D eigenvalue weighted by atomic mass is 9.95. The maximum absolute atomic E-state index is 13.5. The summed E-state index contributed by atoms with van der Waals surface area (Å²) in [6.07, 6.45) is 7.11. The quantitative estimate of drug-likeness (QED) is 0.778. The molecule has 0 aliphatic heterocycles. The minimum absolute atomic E-state index is 0.0933. The zero-order chi connectivity index (χ0) is 15.9. The van der Waals surface area contributed by atoms with Gasteiger partial charge in [-0.05, 0) is 48.7 Å². The van der Waals surface area contributed by atoms with Crippen molar-refractivity contribution in [2.45, 2.75) is 18.3 Å². The summed E-state index contributed by atoms with van der Waals surface area (Å²) in [5.41, 5.74) is 2.46. The third kappa shape index (κ3) is 2.48. The Morgan fingerprint density at radius 1 is 1.35 bits per heavy atom. The average molecular weight is 309 g/mol. The lowest BCUT2D eigenvalue weighted by Gasteiger charge is -2.15. The first-order chi connectivity index (χ1) is 11.2. The van der Waals surface area contributed by atoms with Crippen LogP contribution in [0.5, 0.6) is 0 Å². The van der Waals surface area contributed by atoms with Crippen molar-refractivity contribution in [1.29, 1.82) is 0 Å². The van der Waals surface area contributed by atoms with Gasteiger partial charge >= 0.3 is 0 Å². The molecule has 2 aromatic heterocycles. The Kier molecular flexibility index (Phi) is 3.15. The fourth-order valence-electron chi connectivity index (χ4n) is 3.07. The van der Waals surface area contributed by atoms with E-state index in [0.717, 1.165) is 29.3 Å². The molecule has 0 radical (unpaired) electrons. The van der Waals surface area contributed by atoms with Crippen molar-refractivity contribution in [3.63, 3.8) is 0 Å². The molecule has 4 rings (SSSR count). The Morgan fingerprint density at radius 2 is 2.22 bits per heavy atom. The highest BCUT2D eigenvalue weighted by molar-refractivity contribution is 5.94. The highest BCUT2D eigenvalue weighted by Gasteiger charge is 2.45. The number of hydrogen-bond donors (Lipinski definition) is 2. The fourth-order valence-corrected chi connectivity index (χ4v) is 3.07. The Hall–Kier alpha value is -2.69. The molecule has 1 aromatic carbocycles. The van der Waals surface area contributed by atoms with E-state index in [9.17, 15) is 9.18 Å². The third-order valence-electron chi connectivity index (χ3n) is 4.58. The Bertz CT molecular complexity index is 868. The summed E-state index contributed by atoms with van der Waals surface area (Å²) >= 11 is 0. The van der Waals surface area contributed by atoms with Crippen molar-refractivity contribution in [2.75, 3.05) is 6.54 Å². The standard InChI is InChI=1S/C18H16FN3O/c19-13-3-4-16-14(8-13)15(10-21-16)18(5-6-18)11-22-17(23)12-2-1-7-20-9-12/h1-4,7-10,21H,5-6,11H2,(H,22,23). The number of halogens is 1. The summed E-state index contributed by atoms with van der Waals surface area (Å²) in [6, 6.07) is 8.24. The number of carbonyl (C=O) groups is 1. The molecule has 2 N–H and O–H groups in total. The molecule has 4 nitrogen and oxygen atoms in total. The van der Waals surface area contributed by atoms with Gasteiger partial charge in [0.1, 0.15) is 5.82 Å². The maximum atomic E-state index is 13.5. The number of benzene rings is 1. The molecule has 0 atom stereocenters. The number of rotatable bonds is 4. The second-order valence-corrected chi connectivity index (χ2v) is 6.10. The van der Waals surface area contributed by atoms with Gasteiger partial charge in [0.25, 0.3) is 5.91 Å². The largest absolute Gasteiger partial charge is 0.361 e. The molecule has 0 unspecified atom stereocenters. The second kappa shape index (κ2) is 5.19. The zero-order valence-corrected chi connectivity index (χ0v) is 12.5. The summed E-state index contributed by atoms with van der Waals surface area (Å²) in [4.78, 5) is 19.3. The van der Waals surface area contributed by atoms with Crippen LogP contribution in [0.25, 0.3) is 10.9 Å². The van der Waals surface area contributed by atoms with Crippen LogP contribution in [0, 0.1) is 5.82 Å². The van der Waals surface area contributed by atoms with E-state index in [1.165, 1.54) is 6.07 Å². The normalized spacial score (nSPS) is 15.5. The van der Waals surface area contributed by atoms with Crippen molar-refractivity contribution < 1.29 is 9.18 Å². The first-order valence-corrected chi connectivity index (χ1v) is 7.63. The van der Waals surface area contributed by atoms with Crippen LogP contribution < -0.4 is 5.32 Å². The lowest BCUT2D eigenvalue weighted by Crippen LogP contribution is -2.32. The van der Waals surface area contributed by atoms with Gasteiger partial charge in [-0.3, -0.25) is 9.78 Å². The van der Waals surface area contributed by atoms with E-state index < -0.39 is 0 Å². The van der Waals surface area contributed by atoms with Gasteiger partial charge < -0.3 is 10.3 Å². The van der Waals surface area contributed by atoms with E-state index in [1.807, 2.05) is 6.20 Å². The Balaban J connectivity index is 1.56. The number of carbonyl (C=O) groups excluding carboxylic acids is 1. The fraction of sp³-hybridized carbons (Fsp3) is 0.222. The molecule has 5 heteroatoms. The van der Waals surface area contributed by atoms with Crippen LogP contribution >= 0.6 is 0 Å². The third-order valence-corrected chi connectivity index (χ3v) is 4.58. The predicted molar refractivity (Wildman–Crippen MR) is 85.7 cm³/mol. The predicted octanol–water partition coefficient (Wildman–Crippen LogP) is 3.16. The summed E-state index contributed by atoms with van der Waals surface area (Å²) in [5.74, 6) is -0.371. The van der Waals surface area contributed by atoms with Crippen molar-refractivity contribution in [3.05, 3.63) is 65.9 Å². The van der Waals surface area contributed by atoms with Gasteiger partial charge in [0, 0.05) is 41.5 Å². The highest BCUT2D eigenvalue weighted by atomic mass is 19.1. The monoisotopic (exact) mass is 309 g/mol. The van der Waals surface area contributed by atoms with Crippen molar-refractivity contribution in [1.82, 2.24) is 15.3 Å². The molecule has 1 fully saturated rings. The van der Waals surface area contributed by atoms with Gasteiger partial charge in [-0.1, -0.05) is 0 Å². The SMILES string of the molecule is O=C(NCC1(c2c[nH]c3ccc(F)cc23)CC1)c1cccnc1. The van der Waals surface area contributed by atoms with Crippen molar-refractivity contribution >= 4 is 16.8 Å². The van der Waals surface area contributed by atoms with Gasteiger partial charge in [-0.25, -0.2) is 4.39 Å². The van der Waals surface area contributed by atoms with Crippen LogP contribution in [0.15, 0.2) is 48.9 Å². The summed E-state index contributed by atoms with van der Waals surface area (Å²) in [6.45, 7) is 0.546. The number of nitrogens with one attached hydrogen (secondary N) is 2. The molecular weight excluding hydrogens is 293 g/mol. The number of aromatic nitrogens is 2. The number of pyridine rings is 1. The topological polar surface area (TPSA) is 57.8 Å². The summed E-state index contributed by atoms with van der Waals surface area (Å²) in [7, 11) is 0. The molecule has 0 spiro atoms. The molecule has 23 heavy (non-hydrogen) atoms. The molecule has 116 valence electrons. The first kappa shape index (κ1) is 13.9. The van der Waals surface area contributed by atoms with Gasteiger partial charge in [-0.15, -0.1) is 0 Å². The van der Waals surface area contributed by atoms with Crippen molar-refractivity contribution in [3.8, 4) is 0 Å². The minimum atomic E-state index is -0.242. The minimum Gasteiger partial charge on any atom is -0.361 e. The number of fused-ring (bicyclic) bond motifs is 1. The van der Waals surface area contributed by atoms with Crippen molar-refractivity contribution in [2.24, 2.45) is 0 Å². The number of aromatic amines is 1. The van der Waals surface area contributed by atoms with Gasteiger partial charge in [0.05, 0.1) is 5.56 Å². The van der Waals surface area contributed by atoms with Gasteiger partial charge in [-0.2, -0.15) is 0 Å². The van der Waals surface area contributed by atoms with E-state index >= 15 is 0 Å². The molecular formula is C18H16FN3O. The molecule has 1 aliphatic rings. The Labute approximate surface area is 132 Å². The summed E-state index contributed by atoms with van der Waals surface area (Å²) < 4.78 is 13.5. The van der Waals surface area contributed by atoms with Gasteiger partial charge in [0.2, 0.25) is 0 Å². The van der Waals surface area contributed by atoms with Crippen LogP contribution in [0.3, 0.4) is 0 Å². The molecule has 1 saturated carbocycles. The van der Waals surface area contributed by atoms with E-state index in [4.69, 9.17) is 0 Å². The number of amides is 1. The van der Waals surface area contributed by atoms with Gasteiger partial charge in [0.15, 0.2) is 0 Å². The smallest absolute Gasteiger partial charge is 0.252 e. The van der Waals surface area contributed by atoms with Crippen LogP contribution in [0.2, 0.25) is 0 Å². The van der Waals surface area contributed by atoms with Crippen LogP contribution in [0.1, 0.15) is 28.8 Å². The van der Waals surface area contributed by atoms with Crippen LogP contribution in [0.4, 0.5) is 4.39 Å². The molecule has 1 amide bonds.